The van der Waals surface area contributed by atoms with Crippen LogP contribution in [0.2, 0.25) is 0 Å². The lowest BCUT2D eigenvalue weighted by molar-refractivity contribution is -0.122. The zero-order valence-corrected chi connectivity index (χ0v) is 19.2. The molecule has 0 saturated carbocycles. The van der Waals surface area contributed by atoms with Crippen molar-refractivity contribution in [1.29, 1.82) is 0 Å². The van der Waals surface area contributed by atoms with Gasteiger partial charge in [-0.1, -0.05) is 17.4 Å². The van der Waals surface area contributed by atoms with Crippen molar-refractivity contribution < 1.29 is 17.9 Å². The van der Waals surface area contributed by atoms with Crippen LogP contribution in [0.4, 0.5) is 0 Å². The minimum absolute atomic E-state index is 0.185. The average Bonchev–Trinajstić information content (AvgIpc) is 3.38. The molecule has 0 aliphatic carbocycles. The lowest BCUT2D eigenvalue weighted by Gasteiger charge is -2.29. The summed E-state index contributed by atoms with van der Waals surface area (Å²) >= 11 is 2.66. The molecule has 0 radical (unpaired) electrons. The number of carbonyl (C=O) groups excluding carboxylic acids is 1. The second-order valence-corrected chi connectivity index (χ2v) is 11.2. The third-order valence-electron chi connectivity index (χ3n) is 5.19. The summed E-state index contributed by atoms with van der Waals surface area (Å²) in [6.45, 7) is 3.21. The van der Waals surface area contributed by atoms with E-state index in [2.05, 4.69) is 4.99 Å². The largest absolute Gasteiger partial charge is 0.494 e. The van der Waals surface area contributed by atoms with E-state index in [1.807, 2.05) is 36.7 Å². The summed E-state index contributed by atoms with van der Waals surface area (Å²) in [6.07, 6.45) is 0.964. The number of aryl methyl sites for hydroxylation is 1. The Bertz CT molecular complexity index is 1220. The number of sulfonamides is 1. The Kier molecular flexibility index (Phi) is 6.10. The molecule has 3 heterocycles. The summed E-state index contributed by atoms with van der Waals surface area (Å²) in [5, 5.41) is 1.75. The first-order chi connectivity index (χ1) is 14.4. The lowest BCUT2D eigenvalue weighted by atomic mass is 9.98. The molecular weight excluding hydrogens is 442 g/mol. The number of ether oxygens (including phenoxy) is 1. The van der Waals surface area contributed by atoms with Crippen molar-refractivity contribution in [2.75, 3.05) is 19.7 Å². The topological polar surface area (TPSA) is 81.0 Å². The zero-order valence-electron chi connectivity index (χ0n) is 16.8. The van der Waals surface area contributed by atoms with Gasteiger partial charge in [0.05, 0.1) is 16.8 Å². The SMILES string of the molecule is CCOc1ccc2c(c1)sc(=NC(=O)C1CCN(S(=O)(=O)c3cccs3)CC1)n2C. The molecule has 4 rings (SSSR count). The molecule has 10 heteroatoms. The summed E-state index contributed by atoms with van der Waals surface area (Å²) < 4.78 is 35.6. The molecule has 1 aromatic carbocycles. The van der Waals surface area contributed by atoms with Gasteiger partial charge in [0.2, 0.25) is 0 Å². The van der Waals surface area contributed by atoms with Crippen LogP contribution in [-0.2, 0) is 21.9 Å². The van der Waals surface area contributed by atoms with Crippen LogP contribution in [0.1, 0.15) is 19.8 Å². The Labute approximate surface area is 183 Å². The maximum Gasteiger partial charge on any atom is 0.252 e. The van der Waals surface area contributed by atoms with Crippen molar-refractivity contribution in [2.24, 2.45) is 18.0 Å². The van der Waals surface area contributed by atoms with Gasteiger partial charge in [0.1, 0.15) is 9.96 Å². The molecule has 1 amide bonds. The highest BCUT2D eigenvalue weighted by molar-refractivity contribution is 7.91. The summed E-state index contributed by atoms with van der Waals surface area (Å²) in [6, 6.07) is 9.18. The van der Waals surface area contributed by atoms with E-state index in [0.717, 1.165) is 16.0 Å². The summed E-state index contributed by atoms with van der Waals surface area (Å²) in [7, 11) is -1.57. The third kappa shape index (κ3) is 4.09. The normalized spacial score (nSPS) is 16.9. The van der Waals surface area contributed by atoms with Crippen LogP contribution in [0.15, 0.2) is 44.9 Å². The molecule has 1 aliphatic rings. The third-order valence-corrected chi connectivity index (χ3v) is 9.56. The molecular formula is C20H23N3O4S3. The zero-order chi connectivity index (χ0) is 21.3. The molecule has 0 unspecified atom stereocenters. The first kappa shape index (κ1) is 21.2. The van der Waals surface area contributed by atoms with Crippen LogP contribution in [-0.4, -0.2) is 42.9 Å². The van der Waals surface area contributed by atoms with Gasteiger partial charge in [-0.15, -0.1) is 11.3 Å². The molecule has 0 atom stereocenters. The van der Waals surface area contributed by atoms with Gasteiger partial charge in [0, 0.05) is 26.1 Å². The van der Waals surface area contributed by atoms with Crippen LogP contribution in [0.25, 0.3) is 10.2 Å². The Morgan fingerprint density at radius 3 is 2.70 bits per heavy atom. The van der Waals surface area contributed by atoms with E-state index in [1.165, 1.54) is 27.0 Å². The molecule has 0 bridgehead atoms. The molecule has 0 spiro atoms. The smallest absolute Gasteiger partial charge is 0.252 e. The van der Waals surface area contributed by atoms with E-state index < -0.39 is 10.0 Å². The number of thiophene rings is 1. The molecule has 0 N–H and O–H groups in total. The van der Waals surface area contributed by atoms with E-state index in [1.54, 1.807) is 17.5 Å². The first-order valence-corrected chi connectivity index (χ1v) is 12.9. The van der Waals surface area contributed by atoms with Gasteiger partial charge in [0.15, 0.2) is 4.80 Å². The first-order valence-electron chi connectivity index (χ1n) is 9.74. The standard InChI is InChI=1S/C20H23N3O4S3/c1-3-27-15-6-7-16-17(13-15)29-20(22(16)2)21-19(24)14-8-10-23(11-9-14)30(25,26)18-5-4-12-28-18/h4-7,12-14H,3,8-11H2,1-2H3. The van der Waals surface area contributed by atoms with E-state index in [4.69, 9.17) is 4.74 Å². The Morgan fingerprint density at radius 1 is 1.27 bits per heavy atom. The van der Waals surface area contributed by atoms with Gasteiger partial charge in [0.25, 0.3) is 15.9 Å². The Hall–Kier alpha value is -2.01. The highest BCUT2D eigenvalue weighted by Crippen LogP contribution is 2.27. The van der Waals surface area contributed by atoms with Crippen molar-refractivity contribution in [3.63, 3.8) is 0 Å². The molecule has 1 aliphatic heterocycles. The van der Waals surface area contributed by atoms with Crippen LogP contribution in [0.5, 0.6) is 5.75 Å². The van der Waals surface area contributed by atoms with Crippen LogP contribution in [0, 0.1) is 5.92 Å². The second-order valence-electron chi connectivity index (χ2n) is 7.07. The molecule has 2 aromatic heterocycles. The van der Waals surface area contributed by atoms with Gasteiger partial charge in [-0.2, -0.15) is 9.30 Å². The number of benzene rings is 1. The summed E-state index contributed by atoms with van der Waals surface area (Å²) in [4.78, 5) is 17.8. The fourth-order valence-corrected chi connectivity index (χ4v) is 7.21. The maximum absolute atomic E-state index is 12.8. The number of hydrogen-bond donors (Lipinski definition) is 0. The van der Waals surface area contributed by atoms with Crippen molar-refractivity contribution in [3.8, 4) is 5.75 Å². The number of carbonyl (C=O) groups is 1. The maximum atomic E-state index is 12.8. The summed E-state index contributed by atoms with van der Waals surface area (Å²) in [5.74, 6) is 0.350. The van der Waals surface area contributed by atoms with Gasteiger partial charge in [-0.25, -0.2) is 8.42 Å². The minimum atomic E-state index is -3.46. The van der Waals surface area contributed by atoms with E-state index in [9.17, 15) is 13.2 Å². The molecule has 160 valence electrons. The number of fused-ring (bicyclic) bond motifs is 1. The van der Waals surface area contributed by atoms with E-state index >= 15 is 0 Å². The highest BCUT2D eigenvalue weighted by Gasteiger charge is 2.32. The van der Waals surface area contributed by atoms with E-state index in [-0.39, 0.29) is 11.8 Å². The lowest BCUT2D eigenvalue weighted by Crippen LogP contribution is -2.40. The minimum Gasteiger partial charge on any atom is -0.494 e. The predicted molar refractivity (Wildman–Crippen MR) is 118 cm³/mol. The number of nitrogens with zero attached hydrogens (tertiary/aromatic N) is 3. The monoisotopic (exact) mass is 465 g/mol. The quantitative estimate of drug-likeness (QED) is 0.579. The highest BCUT2D eigenvalue weighted by atomic mass is 32.2. The number of piperidine rings is 1. The fraction of sp³-hybridized carbons (Fsp3) is 0.400. The number of thiazole rings is 1. The summed E-state index contributed by atoms with van der Waals surface area (Å²) in [5.41, 5.74) is 0.992. The van der Waals surface area contributed by atoms with E-state index in [0.29, 0.717) is 41.5 Å². The Morgan fingerprint density at radius 2 is 2.03 bits per heavy atom. The molecule has 7 nitrogen and oxygen atoms in total. The van der Waals surface area contributed by atoms with Crippen LogP contribution >= 0.6 is 22.7 Å². The number of rotatable bonds is 5. The van der Waals surface area contributed by atoms with Gasteiger partial charge in [-0.3, -0.25) is 4.79 Å². The average molecular weight is 466 g/mol. The van der Waals surface area contributed by atoms with Crippen LogP contribution < -0.4 is 9.54 Å². The van der Waals surface area contributed by atoms with Crippen LogP contribution in [0.3, 0.4) is 0 Å². The van der Waals surface area contributed by atoms with Crippen molar-refractivity contribution >= 4 is 48.8 Å². The second kappa shape index (κ2) is 8.62. The Balaban J connectivity index is 1.49. The van der Waals surface area contributed by atoms with Gasteiger partial charge >= 0.3 is 0 Å². The molecule has 1 saturated heterocycles. The number of amides is 1. The number of aromatic nitrogens is 1. The fourth-order valence-electron chi connectivity index (χ4n) is 3.54. The molecule has 3 aromatic rings. The number of hydrogen-bond acceptors (Lipinski definition) is 6. The van der Waals surface area contributed by atoms with Crippen molar-refractivity contribution in [2.45, 2.75) is 24.0 Å². The van der Waals surface area contributed by atoms with Crippen molar-refractivity contribution in [3.05, 3.63) is 40.5 Å². The van der Waals surface area contributed by atoms with Gasteiger partial charge < -0.3 is 9.30 Å². The predicted octanol–water partition coefficient (Wildman–Crippen LogP) is 3.23. The van der Waals surface area contributed by atoms with Crippen molar-refractivity contribution in [1.82, 2.24) is 8.87 Å². The van der Waals surface area contributed by atoms with Gasteiger partial charge in [-0.05, 0) is 49.4 Å². The molecule has 30 heavy (non-hydrogen) atoms. The molecule has 1 fully saturated rings.